The Balaban J connectivity index is 3.41. The standard InChI is InChI=1S/C14H11F6NO2/c1-8-3-5-10(6-4-8)11(23)21-12(9(2)7-22,13(15,16)17)14(18,19)20/h3-7H,2H2,1H3,(H,21,23). The Kier molecular flexibility index (Phi) is 4.93. The molecule has 1 aromatic rings. The zero-order chi connectivity index (χ0) is 18.1. The first-order chi connectivity index (χ1) is 10.4. The summed E-state index contributed by atoms with van der Waals surface area (Å²) in [5.41, 5.74) is -6.49. The van der Waals surface area contributed by atoms with Crippen LogP contribution in [0.3, 0.4) is 0 Å². The van der Waals surface area contributed by atoms with Gasteiger partial charge in [0.1, 0.15) is 6.29 Å². The van der Waals surface area contributed by atoms with Gasteiger partial charge in [-0.05, 0) is 19.1 Å². The Morgan fingerprint density at radius 2 is 1.48 bits per heavy atom. The highest BCUT2D eigenvalue weighted by molar-refractivity contribution is 5.96. The number of halogens is 6. The summed E-state index contributed by atoms with van der Waals surface area (Å²) in [6, 6.07) is 4.80. The largest absolute Gasteiger partial charge is 0.424 e. The molecule has 1 amide bonds. The van der Waals surface area contributed by atoms with Gasteiger partial charge >= 0.3 is 12.4 Å². The van der Waals surface area contributed by atoms with Crippen LogP contribution in [0.2, 0.25) is 0 Å². The van der Waals surface area contributed by atoms with Crippen LogP contribution in [0.4, 0.5) is 26.3 Å². The lowest BCUT2D eigenvalue weighted by molar-refractivity contribution is -0.289. The van der Waals surface area contributed by atoms with E-state index in [4.69, 9.17) is 0 Å². The monoisotopic (exact) mass is 339 g/mol. The maximum atomic E-state index is 13.1. The van der Waals surface area contributed by atoms with Gasteiger partial charge in [0, 0.05) is 11.1 Å². The summed E-state index contributed by atoms with van der Waals surface area (Å²) < 4.78 is 78.6. The highest BCUT2D eigenvalue weighted by Crippen LogP contribution is 2.46. The molecule has 9 heteroatoms. The molecular weight excluding hydrogens is 328 g/mol. The smallest absolute Gasteiger partial charge is 0.327 e. The minimum Gasteiger partial charge on any atom is -0.327 e. The molecule has 3 nitrogen and oxygen atoms in total. The molecule has 0 spiro atoms. The maximum Gasteiger partial charge on any atom is 0.424 e. The Morgan fingerprint density at radius 1 is 1.04 bits per heavy atom. The van der Waals surface area contributed by atoms with Crippen molar-refractivity contribution in [2.24, 2.45) is 0 Å². The third-order valence-electron chi connectivity index (χ3n) is 3.09. The van der Waals surface area contributed by atoms with Gasteiger partial charge in [-0.15, -0.1) is 0 Å². The number of rotatable bonds is 4. The summed E-state index contributed by atoms with van der Waals surface area (Å²) in [6.45, 7) is 4.13. The van der Waals surface area contributed by atoms with Gasteiger partial charge in [-0.2, -0.15) is 26.3 Å². The molecule has 0 heterocycles. The number of hydrogen-bond donors (Lipinski definition) is 1. The topological polar surface area (TPSA) is 46.2 Å². The van der Waals surface area contributed by atoms with Crippen LogP contribution < -0.4 is 5.32 Å². The second-order valence-electron chi connectivity index (χ2n) is 4.71. The predicted molar refractivity (Wildman–Crippen MR) is 68.7 cm³/mol. The van der Waals surface area contributed by atoms with Crippen molar-refractivity contribution < 1.29 is 35.9 Å². The van der Waals surface area contributed by atoms with Gasteiger partial charge in [0.25, 0.3) is 11.4 Å². The van der Waals surface area contributed by atoms with Crippen molar-refractivity contribution in [1.82, 2.24) is 5.32 Å². The van der Waals surface area contributed by atoms with E-state index >= 15 is 0 Å². The van der Waals surface area contributed by atoms with E-state index in [1.165, 1.54) is 12.1 Å². The summed E-state index contributed by atoms with van der Waals surface area (Å²) in [7, 11) is 0. The fraction of sp³-hybridized carbons (Fsp3) is 0.286. The lowest BCUT2D eigenvalue weighted by Gasteiger charge is -2.37. The van der Waals surface area contributed by atoms with Crippen molar-refractivity contribution in [3.63, 3.8) is 0 Å². The maximum absolute atomic E-state index is 13.1. The van der Waals surface area contributed by atoms with E-state index in [0.29, 0.717) is 5.56 Å². The molecule has 0 atom stereocenters. The van der Waals surface area contributed by atoms with Gasteiger partial charge < -0.3 is 5.32 Å². The molecule has 1 rings (SSSR count). The van der Waals surface area contributed by atoms with Gasteiger partial charge in [0.05, 0.1) is 0 Å². The van der Waals surface area contributed by atoms with E-state index in [9.17, 15) is 35.9 Å². The van der Waals surface area contributed by atoms with E-state index in [-0.39, 0.29) is 0 Å². The van der Waals surface area contributed by atoms with Gasteiger partial charge in [-0.25, -0.2) is 0 Å². The average Bonchev–Trinajstić information content (AvgIpc) is 2.41. The Hall–Kier alpha value is -2.32. The Morgan fingerprint density at radius 3 is 1.83 bits per heavy atom. The summed E-state index contributed by atoms with van der Waals surface area (Å²) in [5, 5.41) is 0.877. The van der Waals surface area contributed by atoms with E-state index in [1.54, 1.807) is 6.92 Å². The second-order valence-corrected chi connectivity index (χ2v) is 4.71. The Bertz CT molecular complexity index is 602. The molecule has 0 saturated heterocycles. The van der Waals surface area contributed by atoms with Gasteiger partial charge in [-0.1, -0.05) is 24.3 Å². The van der Waals surface area contributed by atoms with E-state index in [0.717, 1.165) is 17.4 Å². The number of amides is 1. The summed E-state index contributed by atoms with van der Waals surface area (Å²) >= 11 is 0. The minimum atomic E-state index is -6.01. The van der Waals surface area contributed by atoms with Crippen molar-refractivity contribution in [3.05, 3.63) is 47.5 Å². The molecular formula is C14H11F6NO2. The zero-order valence-corrected chi connectivity index (χ0v) is 11.7. The van der Waals surface area contributed by atoms with Crippen LogP contribution in [0, 0.1) is 6.92 Å². The molecule has 0 saturated carbocycles. The fourth-order valence-electron chi connectivity index (χ4n) is 1.78. The summed E-state index contributed by atoms with van der Waals surface area (Å²) in [6.07, 6.45) is -12.7. The van der Waals surface area contributed by atoms with E-state index < -0.39 is 41.2 Å². The van der Waals surface area contributed by atoms with Crippen LogP contribution in [0.1, 0.15) is 15.9 Å². The van der Waals surface area contributed by atoms with Crippen LogP contribution in [-0.2, 0) is 4.79 Å². The molecule has 0 aliphatic carbocycles. The van der Waals surface area contributed by atoms with Crippen LogP contribution in [-0.4, -0.2) is 30.1 Å². The number of benzene rings is 1. The molecule has 0 aliphatic heterocycles. The molecule has 0 fully saturated rings. The van der Waals surface area contributed by atoms with Crippen molar-refractivity contribution in [2.45, 2.75) is 24.8 Å². The van der Waals surface area contributed by atoms with Crippen LogP contribution in [0.5, 0.6) is 0 Å². The van der Waals surface area contributed by atoms with Crippen molar-refractivity contribution >= 4 is 12.2 Å². The molecule has 0 bridgehead atoms. The van der Waals surface area contributed by atoms with Crippen LogP contribution in [0.15, 0.2) is 36.4 Å². The lowest BCUT2D eigenvalue weighted by atomic mass is 9.89. The zero-order valence-electron chi connectivity index (χ0n) is 11.7. The second kappa shape index (κ2) is 6.05. The van der Waals surface area contributed by atoms with Crippen molar-refractivity contribution in [1.29, 1.82) is 0 Å². The Labute approximate surface area is 127 Å². The molecule has 1 aromatic carbocycles. The number of carbonyl (C=O) groups is 2. The lowest BCUT2D eigenvalue weighted by Crippen LogP contribution is -2.68. The van der Waals surface area contributed by atoms with Crippen molar-refractivity contribution in [3.8, 4) is 0 Å². The highest BCUT2D eigenvalue weighted by atomic mass is 19.4. The van der Waals surface area contributed by atoms with Gasteiger partial charge in [-0.3, -0.25) is 9.59 Å². The third-order valence-corrected chi connectivity index (χ3v) is 3.09. The van der Waals surface area contributed by atoms with Crippen molar-refractivity contribution in [2.75, 3.05) is 0 Å². The molecule has 0 aromatic heterocycles. The van der Waals surface area contributed by atoms with Crippen LogP contribution >= 0.6 is 0 Å². The first-order valence-corrected chi connectivity index (χ1v) is 6.04. The van der Waals surface area contributed by atoms with Crippen LogP contribution in [0.25, 0.3) is 0 Å². The number of alkyl halides is 6. The minimum absolute atomic E-state index is 0.424. The fourth-order valence-corrected chi connectivity index (χ4v) is 1.78. The number of hydrogen-bond acceptors (Lipinski definition) is 2. The first-order valence-electron chi connectivity index (χ1n) is 6.04. The molecule has 23 heavy (non-hydrogen) atoms. The molecule has 0 radical (unpaired) electrons. The third kappa shape index (κ3) is 3.38. The molecule has 1 N–H and O–H groups in total. The SMILES string of the molecule is C=C(C=O)C(NC(=O)c1ccc(C)cc1)(C(F)(F)F)C(F)(F)F. The number of aryl methyl sites for hydroxylation is 1. The first kappa shape index (κ1) is 18.7. The molecule has 126 valence electrons. The summed E-state index contributed by atoms with van der Waals surface area (Å²) in [5.74, 6) is -1.64. The quantitative estimate of drug-likeness (QED) is 0.520. The highest BCUT2D eigenvalue weighted by Gasteiger charge is 2.73. The average molecular weight is 339 g/mol. The van der Waals surface area contributed by atoms with E-state index in [2.05, 4.69) is 6.58 Å². The normalized spacial score (nSPS) is 12.7. The number of carbonyl (C=O) groups excluding carboxylic acids is 2. The summed E-state index contributed by atoms with van der Waals surface area (Å²) in [4.78, 5) is 22.4. The van der Waals surface area contributed by atoms with Gasteiger partial charge in [0.15, 0.2) is 0 Å². The molecule has 0 unspecified atom stereocenters. The predicted octanol–water partition coefficient (Wildman–Crippen LogP) is 3.34. The number of aldehydes is 1. The van der Waals surface area contributed by atoms with E-state index in [1.807, 2.05) is 0 Å². The number of nitrogens with one attached hydrogen (secondary N) is 1. The molecule has 0 aliphatic rings. The van der Waals surface area contributed by atoms with Gasteiger partial charge in [0.2, 0.25) is 0 Å².